The number of carbonyl (C=O) groups is 4. The molecule has 0 radical (unpaired) electrons. The van der Waals surface area contributed by atoms with Crippen molar-refractivity contribution in [1.29, 1.82) is 0 Å². The SMILES string of the molecule is CC[C@]1(c2ccccc2)NC(=O)N(NC(=O)COC(=O)c2cc[n+]([O-])cc2)C1=O. The molecule has 1 aliphatic rings. The molecule has 1 aromatic heterocycles. The van der Waals surface area contributed by atoms with Gasteiger partial charge in [-0.25, -0.2) is 9.59 Å². The topological polar surface area (TPSA) is 132 Å². The minimum Gasteiger partial charge on any atom is -0.619 e. The van der Waals surface area contributed by atoms with E-state index in [0.717, 1.165) is 12.4 Å². The molecule has 150 valence electrons. The molecule has 1 aliphatic heterocycles. The molecule has 1 fully saturated rings. The summed E-state index contributed by atoms with van der Waals surface area (Å²) in [4.78, 5) is 49.2. The Morgan fingerprint density at radius 1 is 1.17 bits per heavy atom. The van der Waals surface area contributed by atoms with Crippen LogP contribution in [0.1, 0.15) is 29.3 Å². The van der Waals surface area contributed by atoms with Gasteiger partial charge in [0.1, 0.15) is 5.54 Å². The molecule has 0 bridgehead atoms. The Hall–Kier alpha value is -3.95. The molecular weight excluding hydrogens is 380 g/mol. The number of rotatable bonds is 6. The van der Waals surface area contributed by atoms with Gasteiger partial charge in [-0.05, 0) is 12.0 Å². The molecule has 0 saturated carbocycles. The number of hydrogen-bond donors (Lipinski definition) is 2. The van der Waals surface area contributed by atoms with Gasteiger partial charge in [-0.15, -0.1) is 0 Å². The number of esters is 1. The fourth-order valence-electron chi connectivity index (χ4n) is 2.96. The van der Waals surface area contributed by atoms with Crippen LogP contribution in [0, 0.1) is 5.21 Å². The lowest BCUT2D eigenvalue weighted by Crippen LogP contribution is -2.49. The van der Waals surface area contributed by atoms with Gasteiger partial charge in [0, 0.05) is 12.1 Å². The van der Waals surface area contributed by atoms with Crippen LogP contribution < -0.4 is 15.5 Å². The van der Waals surface area contributed by atoms with Crippen LogP contribution in [0.2, 0.25) is 0 Å². The maximum atomic E-state index is 12.9. The zero-order chi connectivity index (χ0) is 21.0. The fourth-order valence-corrected chi connectivity index (χ4v) is 2.96. The van der Waals surface area contributed by atoms with Gasteiger partial charge >= 0.3 is 12.0 Å². The minimum absolute atomic E-state index is 0.0777. The maximum absolute atomic E-state index is 12.9. The monoisotopic (exact) mass is 398 g/mol. The number of aromatic nitrogens is 1. The van der Waals surface area contributed by atoms with Crippen LogP contribution >= 0.6 is 0 Å². The molecule has 29 heavy (non-hydrogen) atoms. The van der Waals surface area contributed by atoms with Crippen molar-refractivity contribution in [3.05, 3.63) is 71.2 Å². The molecule has 0 spiro atoms. The second-order valence-corrected chi connectivity index (χ2v) is 6.25. The third-order valence-electron chi connectivity index (χ3n) is 4.50. The van der Waals surface area contributed by atoms with Crippen LogP contribution in [0.25, 0.3) is 0 Å². The Kier molecular flexibility index (Phi) is 5.44. The minimum atomic E-state index is -1.29. The zero-order valence-corrected chi connectivity index (χ0v) is 15.5. The van der Waals surface area contributed by atoms with Crippen molar-refractivity contribution >= 4 is 23.8 Å². The summed E-state index contributed by atoms with van der Waals surface area (Å²) in [6, 6.07) is 10.4. The molecule has 2 aromatic rings. The predicted octanol–water partition coefficient (Wildman–Crippen LogP) is 0.365. The number of nitrogens with zero attached hydrogens (tertiary/aromatic N) is 2. The Morgan fingerprint density at radius 3 is 2.45 bits per heavy atom. The van der Waals surface area contributed by atoms with E-state index in [2.05, 4.69) is 10.7 Å². The summed E-state index contributed by atoms with van der Waals surface area (Å²) in [7, 11) is 0. The van der Waals surface area contributed by atoms with Crippen LogP contribution in [0.4, 0.5) is 4.79 Å². The number of amides is 4. The van der Waals surface area contributed by atoms with E-state index in [1.165, 1.54) is 12.1 Å². The van der Waals surface area contributed by atoms with Gasteiger partial charge < -0.3 is 15.3 Å². The predicted molar refractivity (Wildman–Crippen MR) is 97.6 cm³/mol. The van der Waals surface area contributed by atoms with Gasteiger partial charge in [-0.1, -0.05) is 37.3 Å². The largest absolute Gasteiger partial charge is 0.619 e. The number of benzene rings is 1. The van der Waals surface area contributed by atoms with E-state index in [0.29, 0.717) is 15.3 Å². The molecule has 10 nitrogen and oxygen atoms in total. The van der Waals surface area contributed by atoms with Gasteiger partial charge in [0.15, 0.2) is 19.0 Å². The molecule has 2 N–H and O–H groups in total. The van der Waals surface area contributed by atoms with E-state index in [1.54, 1.807) is 37.3 Å². The molecular formula is C19H18N4O6. The molecule has 2 heterocycles. The summed E-state index contributed by atoms with van der Waals surface area (Å²) in [6.45, 7) is 1.02. The van der Waals surface area contributed by atoms with Crippen LogP contribution in [-0.2, 0) is 19.9 Å². The van der Waals surface area contributed by atoms with Crippen molar-refractivity contribution in [3.63, 3.8) is 0 Å². The highest BCUT2D eigenvalue weighted by atomic mass is 16.5. The number of nitrogens with one attached hydrogen (secondary N) is 2. The summed E-state index contributed by atoms with van der Waals surface area (Å²) in [6.07, 6.45) is 2.49. The molecule has 1 aromatic carbocycles. The maximum Gasteiger partial charge on any atom is 0.344 e. The molecule has 0 unspecified atom stereocenters. The first-order valence-corrected chi connectivity index (χ1v) is 8.75. The lowest BCUT2D eigenvalue weighted by atomic mass is 9.87. The van der Waals surface area contributed by atoms with E-state index in [4.69, 9.17) is 4.74 Å². The number of imide groups is 1. The number of carbonyl (C=O) groups excluding carboxylic acids is 4. The first kappa shape index (κ1) is 19.8. The Morgan fingerprint density at radius 2 is 1.83 bits per heavy atom. The zero-order valence-electron chi connectivity index (χ0n) is 15.5. The van der Waals surface area contributed by atoms with E-state index in [9.17, 15) is 24.4 Å². The quantitative estimate of drug-likeness (QED) is 0.313. The Balaban J connectivity index is 1.64. The summed E-state index contributed by atoms with van der Waals surface area (Å²) in [5, 5.41) is 14.2. The van der Waals surface area contributed by atoms with Crippen molar-refractivity contribution in [3.8, 4) is 0 Å². The Bertz CT molecular complexity index is 947. The van der Waals surface area contributed by atoms with E-state index in [-0.39, 0.29) is 12.0 Å². The highest BCUT2D eigenvalue weighted by molar-refractivity contribution is 6.08. The van der Waals surface area contributed by atoms with Crippen LogP contribution in [0.15, 0.2) is 54.9 Å². The third kappa shape index (κ3) is 3.86. The average Bonchev–Trinajstić information content (AvgIpc) is 2.98. The molecule has 1 atom stereocenters. The first-order valence-electron chi connectivity index (χ1n) is 8.75. The number of hydrazine groups is 1. The summed E-state index contributed by atoms with van der Waals surface area (Å²) >= 11 is 0. The molecule has 3 rings (SSSR count). The lowest BCUT2D eigenvalue weighted by molar-refractivity contribution is -0.605. The van der Waals surface area contributed by atoms with E-state index in [1.807, 2.05) is 0 Å². The van der Waals surface area contributed by atoms with Gasteiger partial charge in [0.25, 0.3) is 11.8 Å². The van der Waals surface area contributed by atoms with Crippen LogP contribution in [0.3, 0.4) is 0 Å². The van der Waals surface area contributed by atoms with Gasteiger partial charge in [-0.3, -0.25) is 15.0 Å². The Labute approximate surface area is 165 Å². The smallest absolute Gasteiger partial charge is 0.344 e. The molecule has 1 saturated heterocycles. The number of hydrogen-bond acceptors (Lipinski definition) is 6. The van der Waals surface area contributed by atoms with Crippen LogP contribution in [0.5, 0.6) is 0 Å². The standard InChI is InChI=1S/C19H18N4O6/c1-2-19(14-6-4-3-5-7-14)17(26)23(18(27)20-19)21-15(24)12-29-16(25)13-8-10-22(28)11-9-13/h3-11H,2,12H2,1H3,(H,20,27)(H,21,24)/t19-/m1/s1. The second kappa shape index (κ2) is 7.97. The number of urea groups is 1. The van der Waals surface area contributed by atoms with Gasteiger partial charge in [-0.2, -0.15) is 9.74 Å². The van der Waals surface area contributed by atoms with E-state index < -0.39 is 36.0 Å². The molecule has 4 amide bonds. The van der Waals surface area contributed by atoms with Crippen LogP contribution in [-0.4, -0.2) is 35.4 Å². The average molecular weight is 398 g/mol. The second-order valence-electron chi connectivity index (χ2n) is 6.25. The molecule has 0 aliphatic carbocycles. The van der Waals surface area contributed by atoms with Crippen molar-refractivity contribution in [1.82, 2.24) is 15.8 Å². The lowest BCUT2D eigenvalue weighted by Gasteiger charge is -2.25. The number of ether oxygens (including phenoxy) is 1. The van der Waals surface area contributed by atoms with Gasteiger partial charge in [0.2, 0.25) is 0 Å². The highest BCUT2D eigenvalue weighted by Gasteiger charge is 2.52. The first-order chi connectivity index (χ1) is 13.9. The fraction of sp³-hybridized carbons (Fsp3) is 0.211. The summed E-state index contributed by atoms with van der Waals surface area (Å²) in [5.41, 5.74) is 1.53. The van der Waals surface area contributed by atoms with E-state index >= 15 is 0 Å². The van der Waals surface area contributed by atoms with Crippen molar-refractivity contribution in [2.24, 2.45) is 0 Å². The third-order valence-corrected chi connectivity index (χ3v) is 4.50. The normalized spacial score (nSPS) is 18.3. The highest BCUT2D eigenvalue weighted by Crippen LogP contribution is 2.31. The number of pyridine rings is 1. The van der Waals surface area contributed by atoms with Crippen molar-refractivity contribution in [2.75, 3.05) is 6.61 Å². The summed E-state index contributed by atoms with van der Waals surface area (Å²) < 4.78 is 5.34. The summed E-state index contributed by atoms with van der Waals surface area (Å²) in [5.74, 6) is -2.33. The molecule has 10 heteroatoms. The van der Waals surface area contributed by atoms with Crippen molar-refractivity contribution in [2.45, 2.75) is 18.9 Å². The van der Waals surface area contributed by atoms with Crippen molar-refractivity contribution < 1.29 is 28.6 Å². The van der Waals surface area contributed by atoms with Gasteiger partial charge in [0.05, 0.1) is 5.56 Å².